The SMILES string of the molecule is O=C(O)c1cncnc1CNc1ccc2c(c1)OCCO2. The molecular weight excluding hydrogens is 274 g/mol. The van der Waals surface area contributed by atoms with Gasteiger partial charge in [0.15, 0.2) is 11.5 Å². The Labute approximate surface area is 120 Å². The van der Waals surface area contributed by atoms with Gasteiger partial charge in [0.2, 0.25) is 0 Å². The van der Waals surface area contributed by atoms with Crippen molar-refractivity contribution in [3.63, 3.8) is 0 Å². The Morgan fingerprint density at radius 2 is 2.10 bits per heavy atom. The van der Waals surface area contributed by atoms with Crippen molar-refractivity contribution in [2.24, 2.45) is 0 Å². The van der Waals surface area contributed by atoms with E-state index < -0.39 is 5.97 Å². The first-order valence-corrected chi connectivity index (χ1v) is 6.40. The Balaban J connectivity index is 1.75. The molecule has 2 heterocycles. The number of benzene rings is 1. The zero-order chi connectivity index (χ0) is 14.7. The molecule has 7 heteroatoms. The molecule has 0 atom stereocenters. The van der Waals surface area contributed by atoms with Crippen molar-refractivity contribution in [2.45, 2.75) is 6.54 Å². The van der Waals surface area contributed by atoms with E-state index in [0.29, 0.717) is 30.4 Å². The highest BCUT2D eigenvalue weighted by Crippen LogP contribution is 2.32. The highest BCUT2D eigenvalue weighted by Gasteiger charge is 2.13. The van der Waals surface area contributed by atoms with Crippen LogP contribution in [0.3, 0.4) is 0 Å². The number of anilines is 1. The maximum Gasteiger partial charge on any atom is 0.339 e. The Morgan fingerprint density at radius 3 is 2.90 bits per heavy atom. The summed E-state index contributed by atoms with van der Waals surface area (Å²) in [5, 5.41) is 12.2. The molecule has 2 N–H and O–H groups in total. The number of carbonyl (C=O) groups is 1. The summed E-state index contributed by atoms with van der Waals surface area (Å²) in [6.45, 7) is 1.35. The summed E-state index contributed by atoms with van der Waals surface area (Å²) in [6.07, 6.45) is 2.61. The van der Waals surface area contributed by atoms with Crippen molar-refractivity contribution in [1.29, 1.82) is 0 Å². The predicted octanol–water partition coefficient (Wildman–Crippen LogP) is 1.56. The average Bonchev–Trinajstić information content (AvgIpc) is 2.53. The molecule has 0 spiro atoms. The second-order valence-corrected chi connectivity index (χ2v) is 4.40. The lowest BCUT2D eigenvalue weighted by molar-refractivity contribution is 0.0694. The van der Waals surface area contributed by atoms with Crippen LogP contribution in [-0.4, -0.2) is 34.3 Å². The van der Waals surface area contributed by atoms with Crippen LogP contribution in [-0.2, 0) is 6.54 Å². The number of aromatic nitrogens is 2. The normalized spacial score (nSPS) is 12.8. The third-order valence-electron chi connectivity index (χ3n) is 3.03. The minimum atomic E-state index is -1.05. The standard InChI is InChI=1S/C14H13N3O4/c18-14(19)10-6-15-8-17-11(10)7-16-9-1-2-12-13(5-9)21-4-3-20-12/h1-2,5-6,8,16H,3-4,7H2,(H,18,19). The third-order valence-corrected chi connectivity index (χ3v) is 3.03. The number of hydrogen-bond acceptors (Lipinski definition) is 6. The molecule has 0 amide bonds. The maximum absolute atomic E-state index is 11.1. The molecule has 21 heavy (non-hydrogen) atoms. The van der Waals surface area contributed by atoms with Gasteiger partial charge in [-0.3, -0.25) is 0 Å². The van der Waals surface area contributed by atoms with E-state index in [-0.39, 0.29) is 12.1 Å². The van der Waals surface area contributed by atoms with Crippen molar-refractivity contribution in [2.75, 3.05) is 18.5 Å². The number of ether oxygens (including phenoxy) is 2. The minimum Gasteiger partial charge on any atom is -0.486 e. The van der Waals surface area contributed by atoms with Gasteiger partial charge in [0, 0.05) is 18.0 Å². The number of rotatable bonds is 4. The van der Waals surface area contributed by atoms with Gasteiger partial charge in [0.25, 0.3) is 0 Å². The van der Waals surface area contributed by atoms with E-state index >= 15 is 0 Å². The monoisotopic (exact) mass is 287 g/mol. The number of fused-ring (bicyclic) bond motifs is 1. The van der Waals surface area contributed by atoms with E-state index in [9.17, 15) is 4.79 Å². The molecule has 1 aliphatic heterocycles. The van der Waals surface area contributed by atoms with E-state index in [2.05, 4.69) is 15.3 Å². The molecule has 0 radical (unpaired) electrons. The summed E-state index contributed by atoms with van der Waals surface area (Å²) in [5.74, 6) is 0.335. The van der Waals surface area contributed by atoms with Crippen LogP contribution in [0.25, 0.3) is 0 Å². The van der Waals surface area contributed by atoms with Gasteiger partial charge < -0.3 is 19.9 Å². The molecule has 0 fully saturated rings. The van der Waals surface area contributed by atoms with E-state index in [4.69, 9.17) is 14.6 Å². The first-order valence-electron chi connectivity index (χ1n) is 6.40. The molecule has 0 saturated heterocycles. The summed E-state index contributed by atoms with van der Waals surface area (Å²) in [6, 6.07) is 5.47. The first-order chi connectivity index (χ1) is 10.2. The molecule has 0 saturated carbocycles. The number of carboxylic acid groups (broad SMARTS) is 1. The number of nitrogens with one attached hydrogen (secondary N) is 1. The maximum atomic E-state index is 11.1. The highest BCUT2D eigenvalue weighted by molar-refractivity contribution is 5.88. The van der Waals surface area contributed by atoms with Crippen LogP contribution in [0.5, 0.6) is 11.5 Å². The van der Waals surface area contributed by atoms with Crippen molar-refractivity contribution >= 4 is 11.7 Å². The highest BCUT2D eigenvalue weighted by atomic mass is 16.6. The zero-order valence-corrected chi connectivity index (χ0v) is 11.1. The number of hydrogen-bond donors (Lipinski definition) is 2. The molecule has 3 rings (SSSR count). The second-order valence-electron chi connectivity index (χ2n) is 4.40. The van der Waals surface area contributed by atoms with Crippen LogP contribution >= 0.6 is 0 Å². The topological polar surface area (TPSA) is 93.6 Å². The summed E-state index contributed by atoms with van der Waals surface area (Å²) < 4.78 is 10.9. The average molecular weight is 287 g/mol. The first kappa shape index (κ1) is 13.2. The number of aromatic carboxylic acids is 1. The third kappa shape index (κ3) is 2.86. The smallest absolute Gasteiger partial charge is 0.339 e. The number of carboxylic acids is 1. The molecule has 0 aliphatic carbocycles. The molecule has 1 aromatic heterocycles. The molecular formula is C14H13N3O4. The van der Waals surface area contributed by atoms with Crippen LogP contribution < -0.4 is 14.8 Å². The fourth-order valence-corrected chi connectivity index (χ4v) is 2.01. The van der Waals surface area contributed by atoms with Gasteiger partial charge in [-0.05, 0) is 12.1 Å². The molecule has 0 unspecified atom stereocenters. The van der Waals surface area contributed by atoms with Crippen LogP contribution in [0, 0.1) is 0 Å². The van der Waals surface area contributed by atoms with Crippen LogP contribution in [0.2, 0.25) is 0 Å². The van der Waals surface area contributed by atoms with Crippen molar-refractivity contribution in [3.8, 4) is 11.5 Å². The van der Waals surface area contributed by atoms with Gasteiger partial charge in [0.1, 0.15) is 25.1 Å². The van der Waals surface area contributed by atoms with Crippen LogP contribution in [0.4, 0.5) is 5.69 Å². The molecule has 7 nitrogen and oxygen atoms in total. The lowest BCUT2D eigenvalue weighted by Crippen LogP contribution is -2.15. The predicted molar refractivity (Wildman–Crippen MR) is 73.8 cm³/mol. The summed E-state index contributed by atoms with van der Waals surface area (Å²) in [4.78, 5) is 18.8. The van der Waals surface area contributed by atoms with Gasteiger partial charge in [0.05, 0.1) is 12.2 Å². The summed E-state index contributed by atoms with van der Waals surface area (Å²) in [7, 11) is 0. The lowest BCUT2D eigenvalue weighted by Gasteiger charge is -2.19. The van der Waals surface area contributed by atoms with E-state index in [1.54, 1.807) is 0 Å². The second kappa shape index (κ2) is 5.66. The van der Waals surface area contributed by atoms with E-state index in [0.717, 1.165) is 5.69 Å². The Bertz CT molecular complexity index is 675. The molecule has 1 aliphatic rings. The summed E-state index contributed by atoms with van der Waals surface area (Å²) in [5.41, 5.74) is 1.31. The Hall–Kier alpha value is -2.83. The minimum absolute atomic E-state index is 0.0857. The fraction of sp³-hybridized carbons (Fsp3) is 0.214. The molecule has 2 aromatic rings. The van der Waals surface area contributed by atoms with Crippen molar-refractivity contribution in [1.82, 2.24) is 9.97 Å². The number of nitrogens with zero attached hydrogens (tertiary/aromatic N) is 2. The lowest BCUT2D eigenvalue weighted by atomic mass is 10.2. The van der Waals surface area contributed by atoms with E-state index in [1.165, 1.54) is 12.5 Å². The van der Waals surface area contributed by atoms with Crippen molar-refractivity contribution in [3.05, 3.63) is 42.0 Å². The largest absolute Gasteiger partial charge is 0.486 e. The van der Waals surface area contributed by atoms with Crippen LogP contribution in [0.1, 0.15) is 16.1 Å². The molecule has 1 aromatic carbocycles. The summed E-state index contributed by atoms with van der Waals surface area (Å²) >= 11 is 0. The molecule has 0 bridgehead atoms. The van der Waals surface area contributed by atoms with Crippen molar-refractivity contribution < 1.29 is 19.4 Å². The van der Waals surface area contributed by atoms with Crippen LogP contribution in [0.15, 0.2) is 30.7 Å². The van der Waals surface area contributed by atoms with E-state index in [1.807, 2.05) is 18.2 Å². The van der Waals surface area contributed by atoms with Gasteiger partial charge in [-0.1, -0.05) is 0 Å². The zero-order valence-electron chi connectivity index (χ0n) is 11.1. The van der Waals surface area contributed by atoms with Gasteiger partial charge in [-0.2, -0.15) is 0 Å². The quantitative estimate of drug-likeness (QED) is 0.881. The fourth-order valence-electron chi connectivity index (χ4n) is 2.01. The van der Waals surface area contributed by atoms with Gasteiger partial charge >= 0.3 is 5.97 Å². The van der Waals surface area contributed by atoms with Gasteiger partial charge in [-0.15, -0.1) is 0 Å². The Morgan fingerprint density at radius 1 is 1.29 bits per heavy atom. The van der Waals surface area contributed by atoms with Gasteiger partial charge in [-0.25, -0.2) is 14.8 Å². The Kier molecular flexibility index (Phi) is 3.55. The molecule has 108 valence electrons.